The summed E-state index contributed by atoms with van der Waals surface area (Å²) in [6.07, 6.45) is 0.953. The van der Waals surface area contributed by atoms with Gasteiger partial charge in [0.25, 0.3) is 0 Å². The predicted molar refractivity (Wildman–Crippen MR) is 51.9 cm³/mol. The largest absolute Gasteiger partial charge is 0.423 e. The Labute approximate surface area is 75.8 Å². The van der Waals surface area contributed by atoms with Crippen LogP contribution in [0.3, 0.4) is 0 Å². The maximum absolute atomic E-state index is 10.9. The van der Waals surface area contributed by atoms with E-state index in [9.17, 15) is 4.79 Å². The van der Waals surface area contributed by atoms with E-state index < -0.39 is 0 Å². The van der Waals surface area contributed by atoms with Crippen molar-refractivity contribution < 1.29 is 4.42 Å². The number of benzene rings is 1. The molecule has 1 heterocycles. The molecule has 0 saturated heterocycles. The van der Waals surface area contributed by atoms with E-state index in [1.54, 1.807) is 6.07 Å². The van der Waals surface area contributed by atoms with Crippen LogP contribution < -0.4 is 5.63 Å². The molecule has 2 nitrogen and oxygen atoms in total. The molecule has 0 aliphatic heterocycles. The summed E-state index contributed by atoms with van der Waals surface area (Å²) in [6, 6.07) is 9.14. The quantitative estimate of drug-likeness (QED) is 0.621. The summed E-state index contributed by atoms with van der Waals surface area (Å²) in [5.74, 6) is 0. The van der Waals surface area contributed by atoms with Crippen LogP contribution in [0.5, 0.6) is 0 Å². The molecule has 0 radical (unpaired) electrons. The fourth-order valence-electron chi connectivity index (χ4n) is 1.32. The summed E-state index contributed by atoms with van der Waals surface area (Å²) in [6.45, 7) is 2.07. The lowest BCUT2D eigenvalue weighted by Gasteiger charge is -1.98. The molecule has 1 aromatic heterocycles. The van der Waals surface area contributed by atoms with E-state index in [1.165, 1.54) is 11.6 Å². The maximum Gasteiger partial charge on any atom is 0.336 e. The summed E-state index contributed by atoms with van der Waals surface area (Å²) < 4.78 is 5.05. The summed E-state index contributed by atoms with van der Waals surface area (Å²) in [7, 11) is 0. The van der Waals surface area contributed by atoms with Crippen LogP contribution in [-0.2, 0) is 6.42 Å². The molecule has 0 unspecified atom stereocenters. The molecule has 2 rings (SSSR count). The highest BCUT2D eigenvalue weighted by Crippen LogP contribution is 2.13. The molecular weight excluding hydrogens is 164 g/mol. The molecule has 0 spiro atoms. The zero-order chi connectivity index (χ0) is 9.26. The molecule has 0 atom stereocenters. The van der Waals surface area contributed by atoms with Crippen LogP contribution in [-0.4, -0.2) is 0 Å². The van der Waals surface area contributed by atoms with Gasteiger partial charge in [0.2, 0.25) is 0 Å². The van der Waals surface area contributed by atoms with Gasteiger partial charge in [-0.05, 0) is 24.1 Å². The van der Waals surface area contributed by atoms with Gasteiger partial charge >= 0.3 is 5.63 Å². The van der Waals surface area contributed by atoms with Crippen molar-refractivity contribution in [2.75, 3.05) is 0 Å². The van der Waals surface area contributed by atoms with E-state index in [4.69, 9.17) is 4.42 Å². The van der Waals surface area contributed by atoms with Crippen LogP contribution in [0.1, 0.15) is 12.5 Å². The van der Waals surface area contributed by atoms with Crippen molar-refractivity contribution in [3.63, 3.8) is 0 Å². The Morgan fingerprint density at radius 3 is 2.77 bits per heavy atom. The van der Waals surface area contributed by atoms with Crippen molar-refractivity contribution in [2.24, 2.45) is 0 Å². The second-order valence-corrected chi connectivity index (χ2v) is 2.98. The Morgan fingerprint density at radius 2 is 2.00 bits per heavy atom. The second-order valence-electron chi connectivity index (χ2n) is 2.98. The predicted octanol–water partition coefficient (Wildman–Crippen LogP) is 2.36. The van der Waals surface area contributed by atoms with Gasteiger partial charge < -0.3 is 4.42 Å². The average Bonchev–Trinajstić information content (AvgIpc) is 2.16. The van der Waals surface area contributed by atoms with Gasteiger partial charge in [-0.1, -0.05) is 19.1 Å². The fourth-order valence-corrected chi connectivity index (χ4v) is 1.32. The summed E-state index contributed by atoms with van der Waals surface area (Å²) >= 11 is 0. The van der Waals surface area contributed by atoms with Crippen molar-refractivity contribution in [1.82, 2.24) is 0 Å². The van der Waals surface area contributed by atoms with E-state index >= 15 is 0 Å². The van der Waals surface area contributed by atoms with Crippen molar-refractivity contribution in [2.45, 2.75) is 13.3 Å². The Kier molecular flexibility index (Phi) is 1.89. The molecule has 0 aliphatic carbocycles. The van der Waals surface area contributed by atoms with Crippen molar-refractivity contribution >= 4 is 11.0 Å². The van der Waals surface area contributed by atoms with Gasteiger partial charge in [0.15, 0.2) is 0 Å². The van der Waals surface area contributed by atoms with E-state index in [-0.39, 0.29) is 5.63 Å². The molecule has 1 aromatic carbocycles. The molecule has 0 saturated carbocycles. The Morgan fingerprint density at radius 1 is 1.23 bits per heavy atom. The van der Waals surface area contributed by atoms with Gasteiger partial charge in [0.1, 0.15) is 5.58 Å². The number of fused-ring (bicyclic) bond motifs is 1. The van der Waals surface area contributed by atoms with Gasteiger partial charge in [0.05, 0.1) is 0 Å². The van der Waals surface area contributed by atoms with Gasteiger partial charge in [-0.15, -0.1) is 0 Å². The average molecular weight is 174 g/mol. The van der Waals surface area contributed by atoms with Crippen molar-refractivity contribution in [1.29, 1.82) is 0 Å². The van der Waals surface area contributed by atoms with Crippen molar-refractivity contribution in [3.05, 3.63) is 46.3 Å². The smallest absolute Gasteiger partial charge is 0.336 e. The Bertz CT molecular complexity index is 483. The summed E-state index contributed by atoms with van der Waals surface area (Å²) in [5, 5.41) is 0.969. The molecule has 13 heavy (non-hydrogen) atoms. The minimum Gasteiger partial charge on any atom is -0.423 e. The maximum atomic E-state index is 10.9. The van der Waals surface area contributed by atoms with E-state index in [1.807, 2.05) is 18.2 Å². The van der Waals surface area contributed by atoms with Crippen LogP contribution in [0, 0.1) is 0 Å². The molecule has 0 aliphatic rings. The van der Waals surface area contributed by atoms with Crippen LogP contribution in [0.25, 0.3) is 11.0 Å². The first-order chi connectivity index (χ1) is 6.29. The van der Waals surface area contributed by atoms with Gasteiger partial charge in [0, 0.05) is 11.5 Å². The monoisotopic (exact) mass is 174 g/mol. The second kappa shape index (κ2) is 3.05. The van der Waals surface area contributed by atoms with Crippen molar-refractivity contribution in [3.8, 4) is 0 Å². The molecule has 2 aromatic rings. The van der Waals surface area contributed by atoms with Gasteiger partial charge in [-0.2, -0.15) is 0 Å². The van der Waals surface area contributed by atoms with E-state index in [0.29, 0.717) is 5.58 Å². The minimum absolute atomic E-state index is 0.291. The highest BCUT2D eigenvalue weighted by atomic mass is 16.4. The highest BCUT2D eigenvalue weighted by Gasteiger charge is 1.97. The third kappa shape index (κ3) is 1.47. The van der Waals surface area contributed by atoms with Crippen LogP contribution in [0.2, 0.25) is 0 Å². The molecule has 0 N–H and O–H groups in total. The molecule has 0 amide bonds. The number of hydrogen-bond acceptors (Lipinski definition) is 2. The lowest BCUT2D eigenvalue weighted by atomic mass is 10.1. The van der Waals surface area contributed by atoms with E-state index in [2.05, 4.69) is 6.92 Å². The standard InChI is InChI=1S/C11H10O2/c1-2-8-3-4-9-5-6-11(12)13-10(9)7-8/h3-7H,2H2,1H3. The summed E-state index contributed by atoms with van der Waals surface area (Å²) in [4.78, 5) is 10.9. The molecule has 0 bridgehead atoms. The third-order valence-corrected chi connectivity index (χ3v) is 2.10. The lowest BCUT2D eigenvalue weighted by molar-refractivity contribution is 0.560. The zero-order valence-electron chi connectivity index (χ0n) is 7.41. The number of hydrogen-bond donors (Lipinski definition) is 0. The lowest BCUT2D eigenvalue weighted by Crippen LogP contribution is -1.94. The SMILES string of the molecule is CCc1ccc2ccc(=O)oc2c1. The first-order valence-corrected chi connectivity index (χ1v) is 4.32. The molecule has 0 fully saturated rings. The Balaban J connectivity index is 2.75. The zero-order valence-corrected chi connectivity index (χ0v) is 7.41. The number of aryl methyl sites for hydroxylation is 1. The van der Waals surface area contributed by atoms with Gasteiger partial charge in [-0.3, -0.25) is 0 Å². The Hall–Kier alpha value is -1.57. The topological polar surface area (TPSA) is 30.2 Å². The van der Waals surface area contributed by atoms with Crippen LogP contribution in [0.15, 0.2) is 39.5 Å². The first-order valence-electron chi connectivity index (χ1n) is 4.32. The third-order valence-electron chi connectivity index (χ3n) is 2.10. The van der Waals surface area contributed by atoms with Crippen LogP contribution >= 0.6 is 0 Å². The highest BCUT2D eigenvalue weighted by molar-refractivity contribution is 5.76. The fraction of sp³-hybridized carbons (Fsp3) is 0.182. The molecular formula is C11H10O2. The molecule has 2 heteroatoms. The van der Waals surface area contributed by atoms with E-state index in [0.717, 1.165) is 11.8 Å². The van der Waals surface area contributed by atoms with Crippen LogP contribution in [0.4, 0.5) is 0 Å². The van der Waals surface area contributed by atoms with Gasteiger partial charge in [-0.25, -0.2) is 4.79 Å². The molecule has 66 valence electrons. The normalized spacial score (nSPS) is 10.5. The first kappa shape index (κ1) is 8.05. The minimum atomic E-state index is -0.291. The summed E-state index contributed by atoms with van der Waals surface area (Å²) in [5.41, 5.74) is 1.56. The number of rotatable bonds is 1.